The number of rotatable bonds is 4. The molecule has 0 radical (unpaired) electrons. The molecule has 0 bridgehead atoms. The van der Waals surface area contributed by atoms with E-state index in [1.165, 1.54) is 20.7 Å². The number of thiophene rings is 1. The Morgan fingerprint density at radius 3 is 2.81 bits per heavy atom. The average Bonchev–Trinajstić information content (AvgIpc) is 3.25. The summed E-state index contributed by atoms with van der Waals surface area (Å²) in [6, 6.07) is 7.77. The fourth-order valence-electron chi connectivity index (χ4n) is 4.29. The first-order valence-corrected chi connectivity index (χ1v) is 11.5. The molecule has 31 heavy (non-hydrogen) atoms. The Hall–Kier alpha value is -3.00. The summed E-state index contributed by atoms with van der Waals surface area (Å²) in [7, 11) is 0. The molecule has 5 rings (SSSR count). The van der Waals surface area contributed by atoms with Crippen molar-refractivity contribution in [3.63, 3.8) is 0 Å². The molecule has 3 heterocycles. The highest BCUT2D eigenvalue weighted by molar-refractivity contribution is 7.19. The fraction of sp³-hybridized carbons (Fsp3) is 0.391. The molecule has 1 unspecified atom stereocenters. The molecule has 1 atom stereocenters. The summed E-state index contributed by atoms with van der Waals surface area (Å²) in [6.07, 6.45) is 4.75. The average molecular weight is 436 g/mol. The Bertz CT molecular complexity index is 1350. The van der Waals surface area contributed by atoms with E-state index in [1.807, 2.05) is 24.3 Å². The molecule has 1 aliphatic carbocycles. The first-order chi connectivity index (χ1) is 14.9. The summed E-state index contributed by atoms with van der Waals surface area (Å²) in [5.74, 6) is 0.814. The Labute approximate surface area is 183 Å². The lowest BCUT2D eigenvalue weighted by molar-refractivity contribution is -0.117. The second kappa shape index (κ2) is 7.60. The third-order valence-corrected chi connectivity index (χ3v) is 7.22. The second-order valence-corrected chi connectivity index (χ2v) is 9.81. The zero-order valence-electron chi connectivity index (χ0n) is 17.9. The molecule has 0 fully saturated rings. The predicted octanol–water partition coefficient (Wildman–Crippen LogP) is 3.99. The van der Waals surface area contributed by atoms with Gasteiger partial charge in [0.05, 0.1) is 5.39 Å². The molecule has 1 amide bonds. The SMILES string of the molecule is CC1CCc2c(sc3ncn4c(nc(=O)n4CC(=O)Nc4ccc(C(C)C)cc4)c23)C1. The van der Waals surface area contributed by atoms with Gasteiger partial charge in [0.1, 0.15) is 17.7 Å². The molecule has 160 valence electrons. The molecule has 1 aliphatic rings. The van der Waals surface area contributed by atoms with Gasteiger partial charge in [0, 0.05) is 10.6 Å². The van der Waals surface area contributed by atoms with Gasteiger partial charge in [-0.25, -0.2) is 19.0 Å². The number of carbonyl (C=O) groups excluding carboxylic acids is 1. The van der Waals surface area contributed by atoms with Crippen molar-refractivity contribution in [2.45, 2.75) is 52.5 Å². The van der Waals surface area contributed by atoms with E-state index in [-0.39, 0.29) is 12.5 Å². The highest BCUT2D eigenvalue weighted by atomic mass is 32.1. The Morgan fingerprint density at radius 1 is 1.29 bits per heavy atom. The standard InChI is InChI=1S/C23H25N5O2S/c1-13(2)15-5-7-16(8-6-15)25-19(29)11-27-23(30)26-21-20-17-9-4-14(3)10-18(17)31-22(20)24-12-28(21)27/h5-8,12-14H,4,9-11H2,1-3H3,(H,25,29). The topological polar surface area (TPSA) is 81.3 Å². The molecule has 0 saturated carbocycles. The maximum absolute atomic E-state index is 12.7. The summed E-state index contributed by atoms with van der Waals surface area (Å²) in [6.45, 7) is 6.40. The summed E-state index contributed by atoms with van der Waals surface area (Å²) in [4.78, 5) is 36.4. The molecule has 1 N–H and O–H groups in total. The normalized spacial score (nSPS) is 16.2. The number of amides is 1. The first-order valence-electron chi connectivity index (χ1n) is 10.7. The molecular weight excluding hydrogens is 410 g/mol. The minimum absolute atomic E-state index is 0.123. The van der Waals surface area contributed by atoms with Crippen molar-refractivity contribution in [3.05, 3.63) is 57.1 Å². The van der Waals surface area contributed by atoms with E-state index in [0.29, 0.717) is 23.2 Å². The van der Waals surface area contributed by atoms with Gasteiger partial charge in [0.25, 0.3) is 0 Å². The van der Waals surface area contributed by atoms with E-state index in [1.54, 1.807) is 22.2 Å². The van der Waals surface area contributed by atoms with Crippen LogP contribution in [0.15, 0.2) is 35.4 Å². The van der Waals surface area contributed by atoms with Crippen LogP contribution < -0.4 is 11.0 Å². The van der Waals surface area contributed by atoms with Gasteiger partial charge in [-0.2, -0.15) is 4.98 Å². The number of hydrogen-bond acceptors (Lipinski definition) is 5. The summed E-state index contributed by atoms with van der Waals surface area (Å²) in [5.41, 5.74) is 3.33. The van der Waals surface area contributed by atoms with E-state index in [9.17, 15) is 9.59 Å². The zero-order valence-corrected chi connectivity index (χ0v) is 18.7. The predicted molar refractivity (Wildman–Crippen MR) is 123 cm³/mol. The highest BCUT2D eigenvalue weighted by Crippen LogP contribution is 2.38. The van der Waals surface area contributed by atoms with E-state index >= 15 is 0 Å². The van der Waals surface area contributed by atoms with Crippen LogP contribution in [0.25, 0.3) is 15.9 Å². The van der Waals surface area contributed by atoms with Crippen molar-refractivity contribution in [1.82, 2.24) is 19.2 Å². The van der Waals surface area contributed by atoms with Crippen LogP contribution in [0.3, 0.4) is 0 Å². The minimum Gasteiger partial charge on any atom is -0.324 e. The number of nitrogens with zero attached hydrogens (tertiary/aromatic N) is 4. The van der Waals surface area contributed by atoms with Crippen molar-refractivity contribution in [1.29, 1.82) is 0 Å². The van der Waals surface area contributed by atoms with Crippen LogP contribution >= 0.6 is 11.3 Å². The third-order valence-electron chi connectivity index (χ3n) is 6.06. The first kappa shape index (κ1) is 19.9. The number of carbonyl (C=O) groups is 1. The molecule has 1 aromatic carbocycles. The highest BCUT2D eigenvalue weighted by Gasteiger charge is 2.24. The number of aromatic nitrogens is 4. The van der Waals surface area contributed by atoms with Crippen LogP contribution in [0.1, 0.15) is 49.1 Å². The fourth-order valence-corrected chi connectivity index (χ4v) is 5.64. The lowest BCUT2D eigenvalue weighted by Crippen LogP contribution is -2.28. The molecule has 0 aliphatic heterocycles. The Morgan fingerprint density at radius 2 is 2.06 bits per heavy atom. The van der Waals surface area contributed by atoms with Gasteiger partial charge in [-0.1, -0.05) is 32.9 Å². The van der Waals surface area contributed by atoms with Crippen molar-refractivity contribution < 1.29 is 4.79 Å². The van der Waals surface area contributed by atoms with Crippen molar-refractivity contribution in [3.8, 4) is 0 Å². The van der Waals surface area contributed by atoms with Crippen LogP contribution in [-0.2, 0) is 24.2 Å². The van der Waals surface area contributed by atoms with E-state index in [4.69, 9.17) is 0 Å². The lowest BCUT2D eigenvalue weighted by atomic mass is 9.89. The van der Waals surface area contributed by atoms with Gasteiger partial charge < -0.3 is 5.32 Å². The Balaban J connectivity index is 1.46. The van der Waals surface area contributed by atoms with Crippen molar-refractivity contribution >= 4 is 38.8 Å². The summed E-state index contributed by atoms with van der Waals surface area (Å²) >= 11 is 1.70. The van der Waals surface area contributed by atoms with Crippen molar-refractivity contribution in [2.24, 2.45) is 5.92 Å². The number of nitrogens with one attached hydrogen (secondary N) is 1. The second-order valence-electron chi connectivity index (χ2n) is 8.72. The maximum atomic E-state index is 12.7. The van der Waals surface area contributed by atoms with Crippen LogP contribution in [0.5, 0.6) is 0 Å². The number of fused-ring (bicyclic) bond motifs is 5. The minimum atomic E-state index is -0.441. The van der Waals surface area contributed by atoms with Gasteiger partial charge in [0.2, 0.25) is 5.91 Å². The summed E-state index contributed by atoms with van der Waals surface area (Å²) in [5, 5.41) is 3.83. The summed E-state index contributed by atoms with van der Waals surface area (Å²) < 4.78 is 2.96. The van der Waals surface area contributed by atoms with Crippen LogP contribution in [0.4, 0.5) is 5.69 Å². The number of aryl methyl sites for hydroxylation is 1. The lowest BCUT2D eigenvalue weighted by Gasteiger charge is -2.17. The molecule has 4 aromatic rings. The molecule has 7 nitrogen and oxygen atoms in total. The van der Waals surface area contributed by atoms with Crippen LogP contribution in [0.2, 0.25) is 0 Å². The van der Waals surface area contributed by atoms with E-state index in [0.717, 1.165) is 29.5 Å². The smallest absolute Gasteiger partial charge is 0.324 e. The third kappa shape index (κ3) is 3.54. The molecule has 8 heteroatoms. The van der Waals surface area contributed by atoms with E-state index in [2.05, 4.69) is 36.1 Å². The molecule has 0 saturated heterocycles. The molecule has 3 aromatic heterocycles. The van der Waals surface area contributed by atoms with Gasteiger partial charge in [-0.3, -0.25) is 4.79 Å². The van der Waals surface area contributed by atoms with Gasteiger partial charge >= 0.3 is 5.69 Å². The quantitative estimate of drug-likeness (QED) is 0.525. The van der Waals surface area contributed by atoms with Crippen LogP contribution in [-0.4, -0.2) is 25.1 Å². The van der Waals surface area contributed by atoms with Crippen molar-refractivity contribution in [2.75, 3.05) is 5.32 Å². The largest absolute Gasteiger partial charge is 0.365 e. The maximum Gasteiger partial charge on any atom is 0.365 e. The number of hydrogen-bond donors (Lipinski definition) is 1. The monoisotopic (exact) mass is 435 g/mol. The molecule has 0 spiro atoms. The molecular formula is C23H25N5O2S. The van der Waals surface area contributed by atoms with Gasteiger partial charge in [-0.15, -0.1) is 11.3 Å². The number of anilines is 1. The zero-order chi connectivity index (χ0) is 21.7. The van der Waals surface area contributed by atoms with Crippen LogP contribution in [0, 0.1) is 5.92 Å². The van der Waals surface area contributed by atoms with Gasteiger partial charge in [-0.05, 0) is 54.4 Å². The van der Waals surface area contributed by atoms with E-state index < -0.39 is 5.69 Å². The van der Waals surface area contributed by atoms with Gasteiger partial charge in [0.15, 0.2) is 5.65 Å². The Kier molecular flexibility index (Phi) is 4.89. The number of benzene rings is 1.